The van der Waals surface area contributed by atoms with Gasteiger partial charge in [-0.3, -0.25) is 0 Å². The highest BCUT2D eigenvalue weighted by Gasteiger charge is 2.31. The van der Waals surface area contributed by atoms with Crippen LogP contribution in [0.4, 0.5) is 0 Å². The predicted octanol–water partition coefficient (Wildman–Crippen LogP) is 3.08. The van der Waals surface area contributed by atoms with Crippen molar-refractivity contribution in [3.8, 4) is 0 Å². The maximum atomic E-state index is 11.9. The van der Waals surface area contributed by atoms with Gasteiger partial charge in [0.15, 0.2) is 9.84 Å². The summed E-state index contributed by atoms with van der Waals surface area (Å²) < 4.78 is 24.3. The average molecular weight is 283 g/mol. The van der Waals surface area contributed by atoms with Crippen molar-refractivity contribution in [2.24, 2.45) is 0 Å². The van der Waals surface area contributed by atoms with E-state index in [1.54, 1.807) is 32.9 Å². The smallest absolute Gasteiger partial charge is 0.192 e. The molecule has 5 heteroatoms. The van der Waals surface area contributed by atoms with Crippen molar-refractivity contribution in [3.63, 3.8) is 0 Å². The summed E-state index contributed by atoms with van der Waals surface area (Å²) in [6.45, 7) is 5.11. The third-order valence-corrected chi connectivity index (χ3v) is 6.22. The first-order valence-corrected chi connectivity index (χ1v) is 6.84. The molecule has 0 aliphatic rings. The lowest BCUT2D eigenvalue weighted by atomic mass is 10.3. The van der Waals surface area contributed by atoms with Gasteiger partial charge < -0.3 is 0 Å². The summed E-state index contributed by atoms with van der Waals surface area (Å²) in [6, 6.07) is 3.39. The maximum Gasteiger partial charge on any atom is 0.192 e. The Morgan fingerprint density at radius 2 is 1.85 bits per heavy atom. The number of hydrogen-bond donors (Lipinski definition) is 0. The fourth-order valence-electron chi connectivity index (χ4n) is 0.744. The van der Waals surface area contributed by atoms with Gasteiger partial charge in [0, 0.05) is 0 Å². The van der Waals surface area contributed by atoms with Gasteiger partial charge in [-0.25, -0.2) is 8.42 Å². The second-order valence-corrected chi connectivity index (χ2v) is 9.07. The molecule has 13 heavy (non-hydrogen) atoms. The Balaban J connectivity index is 3.24. The van der Waals surface area contributed by atoms with Crippen LogP contribution in [0.3, 0.4) is 0 Å². The molecular formula is C8H11BrO2S2. The Bertz CT molecular complexity index is 398. The van der Waals surface area contributed by atoms with E-state index < -0.39 is 14.6 Å². The van der Waals surface area contributed by atoms with Crippen LogP contribution in [0, 0.1) is 0 Å². The number of sulfone groups is 1. The molecule has 0 saturated heterocycles. The van der Waals surface area contributed by atoms with E-state index in [4.69, 9.17) is 0 Å². The lowest BCUT2D eigenvalue weighted by Crippen LogP contribution is -2.27. The highest BCUT2D eigenvalue weighted by Crippen LogP contribution is 2.32. The van der Waals surface area contributed by atoms with Crippen LogP contribution in [0.25, 0.3) is 0 Å². The van der Waals surface area contributed by atoms with E-state index in [2.05, 4.69) is 15.9 Å². The second kappa shape index (κ2) is 3.37. The number of halogens is 1. The molecule has 0 aliphatic carbocycles. The summed E-state index contributed by atoms with van der Waals surface area (Å²) in [6.07, 6.45) is 0. The molecule has 0 aromatic carbocycles. The molecule has 0 fully saturated rings. The molecule has 1 aromatic rings. The van der Waals surface area contributed by atoms with Gasteiger partial charge in [-0.05, 0) is 48.8 Å². The number of hydrogen-bond acceptors (Lipinski definition) is 3. The Morgan fingerprint density at radius 3 is 2.15 bits per heavy atom. The second-order valence-electron chi connectivity index (χ2n) is 3.67. The van der Waals surface area contributed by atoms with Gasteiger partial charge in [0.2, 0.25) is 0 Å². The summed E-state index contributed by atoms with van der Waals surface area (Å²) in [5.41, 5.74) is 0. The van der Waals surface area contributed by atoms with Crippen molar-refractivity contribution in [1.29, 1.82) is 0 Å². The third kappa shape index (κ3) is 2.14. The molecule has 1 aromatic heterocycles. The molecule has 0 amide bonds. The zero-order chi connectivity index (χ0) is 10.3. The Hall–Kier alpha value is 0.130. The first kappa shape index (κ1) is 11.2. The van der Waals surface area contributed by atoms with Crippen LogP contribution in [0.2, 0.25) is 0 Å². The minimum atomic E-state index is -3.17. The molecule has 0 aliphatic heterocycles. The van der Waals surface area contributed by atoms with Crippen molar-refractivity contribution in [1.82, 2.24) is 0 Å². The van der Waals surface area contributed by atoms with Crippen molar-refractivity contribution in [2.75, 3.05) is 0 Å². The number of thiophene rings is 1. The maximum absolute atomic E-state index is 11.9. The van der Waals surface area contributed by atoms with Crippen LogP contribution >= 0.6 is 27.3 Å². The van der Waals surface area contributed by atoms with Crippen LogP contribution in [0.5, 0.6) is 0 Å². The van der Waals surface area contributed by atoms with Crippen molar-refractivity contribution in [2.45, 2.75) is 29.7 Å². The molecule has 1 rings (SSSR count). The van der Waals surface area contributed by atoms with E-state index in [1.165, 1.54) is 11.3 Å². The van der Waals surface area contributed by atoms with Crippen LogP contribution in [-0.2, 0) is 9.84 Å². The van der Waals surface area contributed by atoms with Crippen molar-refractivity contribution in [3.05, 3.63) is 15.9 Å². The topological polar surface area (TPSA) is 34.1 Å². The molecule has 0 radical (unpaired) electrons. The Labute approximate surface area is 91.0 Å². The largest absolute Gasteiger partial charge is 0.222 e. The van der Waals surface area contributed by atoms with Crippen LogP contribution < -0.4 is 0 Å². The molecule has 1 heterocycles. The lowest BCUT2D eigenvalue weighted by Gasteiger charge is -2.17. The van der Waals surface area contributed by atoms with Gasteiger partial charge in [-0.1, -0.05) is 0 Å². The van der Waals surface area contributed by atoms with Crippen molar-refractivity contribution >= 4 is 37.1 Å². The van der Waals surface area contributed by atoms with E-state index in [9.17, 15) is 8.42 Å². The summed E-state index contributed by atoms with van der Waals surface area (Å²) in [5.74, 6) is 0. The molecule has 0 saturated carbocycles. The summed E-state index contributed by atoms with van der Waals surface area (Å²) in [5, 5.41) is 0. The van der Waals surface area contributed by atoms with Crippen molar-refractivity contribution < 1.29 is 8.42 Å². The average Bonchev–Trinajstić information content (AvgIpc) is 2.33. The quantitative estimate of drug-likeness (QED) is 0.793. The first-order valence-electron chi connectivity index (χ1n) is 3.75. The minimum absolute atomic E-state index is 0.423. The van der Waals surface area contributed by atoms with Gasteiger partial charge in [0.25, 0.3) is 0 Å². The Morgan fingerprint density at radius 1 is 1.31 bits per heavy atom. The Kier molecular flexibility index (Phi) is 2.90. The SMILES string of the molecule is CC(C)(C)S(=O)(=O)c1ccc(Br)s1. The van der Waals surface area contributed by atoms with Gasteiger partial charge in [0.05, 0.1) is 8.53 Å². The zero-order valence-corrected chi connectivity index (χ0v) is 10.9. The fraction of sp³-hybridized carbons (Fsp3) is 0.500. The molecule has 0 unspecified atom stereocenters. The third-order valence-electron chi connectivity index (χ3n) is 1.62. The first-order chi connectivity index (χ1) is 5.75. The molecule has 0 spiro atoms. The molecule has 0 N–H and O–H groups in total. The minimum Gasteiger partial charge on any atom is -0.222 e. The highest BCUT2D eigenvalue weighted by atomic mass is 79.9. The van der Waals surface area contributed by atoms with E-state index >= 15 is 0 Å². The van der Waals surface area contributed by atoms with Gasteiger partial charge in [0.1, 0.15) is 4.21 Å². The van der Waals surface area contributed by atoms with Gasteiger partial charge in [-0.15, -0.1) is 11.3 Å². The van der Waals surface area contributed by atoms with E-state index in [0.29, 0.717) is 4.21 Å². The van der Waals surface area contributed by atoms with Crippen LogP contribution in [0.1, 0.15) is 20.8 Å². The van der Waals surface area contributed by atoms with Crippen LogP contribution in [0.15, 0.2) is 20.1 Å². The van der Waals surface area contributed by atoms with Gasteiger partial charge in [-0.2, -0.15) is 0 Å². The normalized spacial score (nSPS) is 13.2. The summed E-state index contributed by atoms with van der Waals surface area (Å²) >= 11 is 4.50. The summed E-state index contributed by atoms with van der Waals surface area (Å²) in [7, 11) is -3.17. The summed E-state index contributed by atoms with van der Waals surface area (Å²) in [4.78, 5) is 0. The number of rotatable bonds is 1. The molecule has 74 valence electrons. The van der Waals surface area contributed by atoms with Crippen LogP contribution in [-0.4, -0.2) is 13.2 Å². The highest BCUT2D eigenvalue weighted by molar-refractivity contribution is 9.11. The molecule has 2 nitrogen and oxygen atoms in total. The molecule has 0 bridgehead atoms. The standard InChI is InChI=1S/C8H11BrO2S2/c1-8(2,3)13(10,11)7-5-4-6(9)12-7/h4-5H,1-3H3. The fourth-order valence-corrected chi connectivity index (χ4v) is 4.49. The van der Waals surface area contributed by atoms with E-state index in [0.717, 1.165) is 3.79 Å². The van der Waals surface area contributed by atoms with E-state index in [-0.39, 0.29) is 0 Å². The lowest BCUT2D eigenvalue weighted by molar-refractivity contribution is 0.562. The molecule has 0 atom stereocenters. The predicted molar refractivity (Wildman–Crippen MR) is 59.0 cm³/mol. The zero-order valence-electron chi connectivity index (χ0n) is 7.67. The monoisotopic (exact) mass is 282 g/mol. The van der Waals surface area contributed by atoms with Gasteiger partial charge >= 0.3 is 0 Å². The molecular weight excluding hydrogens is 272 g/mol. The van der Waals surface area contributed by atoms with E-state index in [1.807, 2.05) is 0 Å².